The third-order valence-electron chi connectivity index (χ3n) is 8.91. The highest BCUT2D eigenvalue weighted by Gasteiger charge is 2.19. The summed E-state index contributed by atoms with van der Waals surface area (Å²) in [6.07, 6.45) is 0. The van der Waals surface area contributed by atoms with Crippen LogP contribution >= 0.6 is 11.3 Å². The van der Waals surface area contributed by atoms with Crippen molar-refractivity contribution in [3.05, 3.63) is 170 Å². The predicted octanol–water partition coefficient (Wildman–Crippen LogP) is 13.1. The van der Waals surface area contributed by atoms with Crippen molar-refractivity contribution in [1.82, 2.24) is 0 Å². The topological polar surface area (TPSA) is 13.1 Å². The third kappa shape index (κ3) is 4.54. The Morgan fingerprint density at radius 3 is 1.67 bits per heavy atom. The molecule has 0 saturated heterocycles. The summed E-state index contributed by atoms with van der Waals surface area (Å²) in [5.74, 6) is 0. The standard InChI is InChI=1S/C44H28OS/c1-3-12-29(13-4-1)31-16-11-17-34(26-31)43-36-19-7-8-20-37(36)44(46-43)38-24-22-32(27-39(38)30-14-5-2-6-15-30)33-23-25-42-40(28-33)35-18-9-10-21-41(35)45-42/h1-28H. The fourth-order valence-electron chi connectivity index (χ4n) is 6.66. The van der Waals surface area contributed by atoms with E-state index in [0.717, 1.165) is 21.9 Å². The molecule has 0 bridgehead atoms. The average Bonchev–Trinajstić information content (AvgIpc) is 3.71. The van der Waals surface area contributed by atoms with Crippen molar-refractivity contribution in [3.63, 3.8) is 0 Å². The highest BCUT2D eigenvalue weighted by Crippen LogP contribution is 2.48. The van der Waals surface area contributed by atoms with Gasteiger partial charge in [0, 0.05) is 36.9 Å². The first kappa shape index (κ1) is 26.7. The van der Waals surface area contributed by atoms with Crippen molar-refractivity contribution < 1.29 is 4.42 Å². The van der Waals surface area contributed by atoms with Crippen molar-refractivity contribution in [2.75, 3.05) is 0 Å². The Balaban J connectivity index is 1.22. The van der Waals surface area contributed by atoms with Crippen molar-refractivity contribution in [2.24, 2.45) is 0 Å². The van der Waals surface area contributed by atoms with Crippen molar-refractivity contribution in [3.8, 4) is 54.3 Å². The quantitative estimate of drug-likeness (QED) is 0.190. The molecule has 0 aliphatic heterocycles. The van der Waals surface area contributed by atoms with Crippen molar-refractivity contribution in [1.29, 1.82) is 0 Å². The Bertz CT molecular complexity index is 2520. The van der Waals surface area contributed by atoms with Crippen LogP contribution in [0, 0.1) is 0 Å². The van der Waals surface area contributed by atoms with Gasteiger partial charge in [-0.3, -0.25) is 0 Å². The second-order valence-corrected chi connectivity index (χ2v) is 12.7. The summed E-state index contributed by atoms with van der Waals surface area (Å²) in [6.45, 7) is 0. The summed E-state index contributed by atoms with van der Waals surface area (Å²) in [6, 6.07) is 61.0. The van der Waals surface area contributed by atoms with Crippen LogP contribution in [0.2, 0.25) is 0 Å². The molecular formula is C44H28OS. The Labute approximate surface area is 271 Å². The van der Waals surface area contributed by atoms with Crippen LogP contribution in [0.25, 0.3) is 87.0 Å². The molecule has 2 heteroatoms. The molecule has 46 heavy (non-hydrogen) atoms. The van der Waals surface area contributed by atoms with E-state index in [2.05, 4.69) is 158 Å². The number of para-hydroxylation sites is 1. The molecule has 0 N–H and O–H groups in total. The third-order valence-corrected chi connectivity index (χ3v) is 10.2. The molecule has 7 aromatic carbocycles. The highest BCUT2D eigenvalue weighted by molar-refractivity contribution is 7.21. The maximum atomic E-state index is 6.13. The summed E-state index contributed by atoms with van der Waals surface area (Å²) in [4.78, 5) is 2.58. The molecule has 9 rings (SSSR count). The van der Waals surface area contributed by atoms with Crippen LogP contribution in [0.1, 0.15) is 0 Å². The molecule has 0 unspecified atom stereocenters. The van der Waals surface area contributed by atoms with E-state index in [9.17, 15) is 0 Å². The Kier molecular flexibility index (Phi) is 6.40. The van der Waals surface area contributed by atoms with Gasteiger partial charge < -0.3 is 4.42 Å². The molecule has 0 aliphatic carbocycles. The van der Waals surface area contributed by atoms with Gasteiger partial charge >= 0.3 is 0 Å². The van der Waals surface area contributed by atoms with Gasteiger partial charge in [-0.25, -0.2) is 0 Å². The first-order valence-electron chi connectivity index (χ1n) is 15.6. The normalized spacial score (nSPS) is 11.5. The molecule has 0 atom stereocenters. The van der Waals surface area contributed by atoms with Gasteiger partial charge in [-0.1, -0.05) is 140 Å². The number of hydrogen-bond acceptors (Lipinski definition) is 2. The van der Waals surface area contributed by atoms with Crippen LogP contribution in [0.3, 0.4) is 0 Å². The predicted molar refractivity (Wildman–Crippen MR) is 196 cm³/mol. The summed E-state index contributed by atoms with van der Waals surface area (Å²) in [5.41, 5.74) is 11.6. The minimum atomic E-state index is 0.916. The van der Waals surface area contributed by atoms with Gasteiger partial charge in [0.15, 0.2) is 0 Å². The lowest BCUT2D eigenvalue weighted by molar-refractivity contribution is 0.669. The van der Waals surface area contributed by atoms with E-state index in [0.29, 0.717) is 0 Å². The maximum Gasteiger partial charge on any atom is 0.135 e. The zero-order valence-corrected chi connectivity index (χ0v) is 25.8. The SMILES string of the molecule is c1ccc(-c2cccc(-c3sc(-c4ccc(-c5ccc6oc7ccccc7c6c5)cc4-c4ccccc4)c4ccccc34)c2)cc1. The van der Waals surface area contributed by atoms with E-state index >= 15 is 0 Å². The first-order valence-corrected chi connectivity index (χ1v) is 16.4. The number of hydrogen-bond donors (Lipinski definition) is 0. The van der Waals surface area contributed by atoms with E-state index < -0.39 is 0 Å². The van der Waals surface area contributed by atoms with Gasteiger partial charge in [-0.2, -0.15) is 0 Å². The van der Waals surface area contributed by atoms with Gasteiger partial charge in [0.1, 0.15) is 11.2 Å². The van der Waals surface area contributed by atoms with E-state index in [4.69, 9.17) is 4.42 Å². The average molecular weight is 605 g/mol. The first-order chi connectivity index (χ1) is 22.8. The van der Waals surface area contributed by atoms with Crippen molar-refractivity contribution >= 4 is 44.0 Å². The molecule has 0 aliphatic rings. The fourth-order valence-corrected chi connectivity index (χ4v) is 7.97. The summed E-state index contributed by atoms with van der Waals surface area (Å²) < 4.78 is 6.13. The molecule has 2 aromatic heterocycles. The molecule has 216 valence electrons. The van der Waals surface area contributed by atoms with Crippen LogP contribution in [-0.4, -0.2) is 0 Å². The second kappa shape index (κ2) is 11.0. The Morgan fingerprint density at radius 1 is 0.304 bits per heavy atom. The lowest BCUT2D eigenvalue weighted by Gasteiger charge is -2.13. The molecule has 0 fully saturated rings. The molecular weight excluding hydrogens is 577 g/mol. The van der Waals surface area contributed by atoms with Gasteiger partial charge in [-0.05, 0) is 69.3 Å². The van der Waals surface area contributed by atoms with Crippen molar-refractivity contribution in [2.45, 2.75) is 0 Å². The molecule has 1 nitrogen and oxygen atoms in total. The Morgan fingerprint density at radius 2 is 0.870 bits per heavy atom. The number of furan rings is 1. The lowest BCUT2D eigenvalue weighted by atomic mass is 9.92. The fraction of sp³-hybridized carbons (Fsp3) is 0. The number of fused-ring (bicyclic) bond motifs is 4. The number of benzene rings is 7. The summed E-state index contributed by atoms with van der Waals surface area (Å²) in [7, 11) is 0. The van der Waals surface area contributed by atoms with Crippen LogP contribution in [0.5, 0.6) is 0 Å². The summed E-state index contributed by atoms with van der Waals surface area (Å²) in [5, 5.41) is 4.86. The van der Waals surface area contributed by atoms with E-state index in [1.165, 1.54) is 65.0 Å². The summed E-state index contributed by atoms with van der Waals surface area (Å²) >= 11 is 1.89. The largest absolute Gasteiger partial charge is 0.456 e. The monoisotopic (exact) mass is 604 g/mol. The van der Waals surface area contributed by atoms with Crippen LogP contribution < -0.4 is 0 Å². The van der Waals surface area contributed by atoms with Gasteiger partial charge in [-0.15, -0.1) is 11.3 Å². The molecule has 9 aromatic rings. The number of rotatable bonds is 5. The molecule has 2 heterocycles. The van der Waals surface area contributed by atoms with Crippen LogP contribution in [-0.2, 0) is 0 Å². The van der Waals surface area contributed by atoms with E-state index in [1.807, 2.05) is 23.5 Å². The lowest BCUT2D eigenvalue weighted by Crippen LogP contribution is -1.87. The zero-order chi connectivity index (χ0) is 30.5. The molecule has 0 saturated carbocycles. The van der Waals surface area contributed by atoms with Gasteiger partial charge in [0.05, 0.1) is 0 Å². The molecule has 0 radical (unpaired) electrons. The van der Waals surface area contributed by atoms with Gasteiger partial charge in [0.25, 0.3) is 0 Å². The minimum Gasteiger partial charge on any atom is -0.456 e. The maximum absolute atomic E-state index is 6.13. The molecule has 0 amide bonds. The van der Waals surface area contributed by atoms with Crippen LogP contribution in [0.15, 0.2) is 174 Å². The Hall–Kier alpha value is -5.70. The zero-order valence-electron chi connectivity index (χ0n) is 25.0. The van der Waals surface area contributed by atoms with Crippen LogP contribution in [0.4, 0.5) is 0 Å². The van der Waals surface area contributed by atoms with E-state index in [1.54, 1.807) is 0 Å². The minimum absolute atomic E-state index is 0.916. The second-order valence-electron chi connectivity index (χ2n) is 11.7. The highest BCUT2D eigenvalue weighted by atomic mass is 32.1. The molecule has 0 spiro atoms. The van der Waals surface area contributed by atoms with E-state index in [-0.39, 0.29) is 0 Å². The number of thiophene rings is 1. The van der Waals surface area contributed by atoms with Gasteiger partial charge in [0.2, 0.25) is 0 Å². The smallest absolute Gasteiger partial charge is 0.135 e.